The Hall–Kier alpha value is 0.1000. The van der Waals surface area contributed by atoms with Crippen LogP contribution in [0.1, 0.15) is 27.7 Å². The van der Waals surface area contributed by atoms with Gasteiger partial charge in [-0.1, -0.05) is 13.2 Å². The van der Waals surface area contributed by atoms with E-state index in [-0.39, 0.29) is 22.5 Å². The third kappa shape index (κ3) is 1.89. The first-order valence-corrected chi connectivity index (χ1v) is 7.59. The summed E-state index contributed by atoms with van der Waals surface area (Å²) in [5.41, 5.74) is 0. The van der Waals surface area contributed by atoms with E-state index in [1.54, 1.807) is 0 Å². The van der Waals surface area contributed by atoms with E-state index in [2.05, 4.69) is 59.1 Å². The lowest BCUT2D eigenvalue weighted by molar-refractivity contribution is 0.469. The predicted octanol–water partition coefficient (Wildman–Crippen LogP) is 3.37. The zero-order valence-electron chi connectivity index (χ0n) is 9.51. The smallest absolute Gasteiger partial charge is 0.0252 e. The fourth-order valence-corrected chi connectivity index (χ4v) is 7.46. The largest absolute Gasteiger partial charge is 0.200 e. The highest BCUT2D eigenvalue weighted by Crippen LogP contribution is 2.68. The van der Waals surface area contributed by atoms with Crippen molar-refractivity contribution in [3.05, 3.63) is 24.0 Å². The summed E-state index contributed by atoms with van der Waals surface area (Å²) < 4.78 is 5.09. The molecule has 0 aromatic carbocycles. The van der Waals surface area contributed by atoms with Crippen LogP contribution in [0, 0.1) is 0 Å². The van der Waals surface area contributed by atoms with Crippen LogP contribution >= 0.6 is 22.5 Å². The molecule has 14 heavy (non-hydrogen) atoms. The van der Waals surface area contributed by atoms with Gasteiger partial charge in [-0.15, -0.1) is 22.5 Å². The molecule has 0 aromatic heterocycles. The Bertz CT molecular complexity index is 196. The van der Waals surface area contributed by atoms with Gasteiger partial charge < -0.3 is 0 Å². The first kappa shape index (κ1) is 12.2. The third-order valence-electron chi connectivity index (χ3n) is 2.09. The lowest BCUT2D eigenvalue weighted by Crippen LogP contribution is -2.47. The summed E-state index contributed by atoms with van der Waals surface area (Å²) in [5, 5.41) is 4.19. The van der Waals surface area contributed by atoms with E-state index in [4.69, 9.17) is 0 Å². The van der Waals surface area contributed by atoms with Crippen LogP contribution in [0.4, 0.5) is 0 Å². The number of rotatable bonds is 4. The molecule has 0 saturated carbocycles. The molecule has 0 aliphatic carbocycles. The van der Waals surface area contributed by atoms with Gasteiger partial charge in [0.05, 0.1) is 0 Å². The molecule has 0 radical (unpaired) electrons. The Labute approximate surface area is 93.9 Å². The highest BCUT2D eigenvalue weighted by Gasteiger charge is 2.40. The van der Waals surface area contributed by atoms with Gasteiger partial charge >= 0.3 is 0 Å². The molecule has 4 heteroatoms. The standard InChI is InChI=1S/C10H22N2S2/c1-7-13-11(9(3)4)14(8-2)12(13)10(5)6/h7-10,13-14H,1-2H2,3-6H3. The number of hydrogen-bond acceptors (Lipinski definition) is 2. The minimum atomic E-state index is -0.258. The summed E-state index contributed by atoms with van der Waals surface area (Å²) in [6.07, 6.45) is 0. The van der Waals surface area contributed by atoms with Crippen LogP contribution in [0.3, 0.4) is 0 Å². The molecule has 1 aliphatic heterocycles. The second kappa shape index (κ2) is 4.75. The molecule has 2 nitrogen and oxygen atoms in total. The molecule has 1 rings (SSSR count). The molecular formula is C10H22N2S2. The van der Waals surface area contributed by atoms with Crippen molar-refractivity contribution in [3.8, 4) is 0 Å². The van der Waals surface area contributed by atoms with Crippen molar-refractivity contribution in [2.75, 3.05) is 0 Å². The lowest BCUT2D eigenvalue weighted by Gasteiger charge is -2.63. The molecular weight excluding hydrogens is 212 g/mol. The summed E-state index contributed by atoms with van der Waals surface area (Å²) in [6.45, 7) is 16.9. The Morgan fingerprint density at radius 3 is 1.29 bits per heavy atom. The molecule has 1 aliphatic rings. The van der Waals surface area contributed by atoms with Crippen LogP contribution in [-0.2, 0) is 0 Å². The second-order valence-corrected chi connectivity index (χ2v) is 8.20. The minimum Gasteiger partial charge on any atom is -0.200 e. The van der Waals surface area contributed by atoms with E-state index in [0.717, 1.165) is 0 Å². The van der Waals surface area contributed by atoms with E-state index in [1.165, 1.54) is 0 Å². The third-order valence-corrected chi connectivity index (χ3v) is 8.47. The van der Waals surface area contributed by atoms with Crippen molar-refractivity contribution >= 4 is 22.5 Å². The average Bonchev–Trinajstić information content (AvgIpc) is 2.02. The molecule has 0 bridgehead atoms. The maximum absolute atomic E-state index is 3.94. The molecule has 84 valence electrons. The number of nitrogens with zero attached hydrogens (tertiary/aromatic N) is 2. The maximum Gasteiger partial charge on any atom is 0.0252 e. The normalized spacial score (nSPS) is 34.4. The first-order valence-electron chi connectivity index (χ1n) is 4.96. The summed E-state index contributed by atoms with van der Waals surface area (Å²) in [6, 6.07) is 1.19. The minimum absolute atomic E-state index is 0.258. The van der Waals surface area contributed by atoms with E-state index >= 15 is 0 Å². The van der Waals surface area contributed by atoms with Crippen LogP contribution in [-0.4, -0.2) is 19.5 Å². The van der Waals surface area contributed by atoms with Gasteiger partial charge in [0.15, 0.2) is 0 Å². The second-order valence-electron chi connectivity index (χ2n) is 3.83. The Morgan fingerprint density at radius 2 is 1.14 bits per heavy atom. The summed E-state index contributed by atoms with van der Waals surface area (Å²) in [5.74, 6) is 0. The Kier molecular flexibility index (Phi) is 4.13. The van der Waals surface area contributed by atoms with Crippen LogP contribution in [0.15, 0.2) is 24.0 Å². The number of hydrogen-bond donors (Lipinski definition) is 2. The van der Waals surface area contributed by atoms with Gasteiger partial charge in [0, 0.05) is 12.1 Å². The molecule has 1 heterocycles. The SMILES string of the molecule is C=C[SH]1N(C(C)C)[SH](C=C)N1C(C)C. The van der Waals surface area contributed by atoms with Gasteiger partial charge in [-0.2, -0.15) is 0 Å². The lowest BCUT2D eigenvalue weighted by atomic mass is 10.4. The van der Waals surface area contributed by atoms with Gasteiger partial charge in [0.2, 0.25) is 0 Å². The van der Waals surface area contributed by atoms with Crippen molar-refractivity contribution in [1.82, 2.24) is 7.42 Å². The van der Waals surface area contributed by atoms with Crippen LogP contribution in [0.5, 0.6) is 0 Å². The van der Waals surface area contributed by atoms with E-state index in [9.17, 15) is 0 Å². The maximum atomic E-state index is 3.94. The van der Waals surface area contributed by atoms with Crippen LogP contribution in [0.2, 0.25) is 0 Å². The highest BCUT2D eigenvalue weighted by atomic mass is 32.3. The quantitative estimate of drug-likeness (QED) is 0.720. The van der Waals surface area contributed by atoms with Gasteiger partial charge in [-0.05, 0) is 38.5 Å². The highest BCUT2D eigenvalue weighted by molar-refractivity contribution is 8.43. The molecule has 0 spiro atoms. The molecule has 0 unspecified atom stereocenters. The van der Waals surface area contributed by atoms with Gasteiger partial charge in [-0.25, -0.2) is 7.42 Å². The first-order chi connectivity index (χ1) is 6.54. The monoisotopic (exact) mass is 234 g/mol. The van der Waals surface area contributed by atoms with Crippen LogP contribution < -0.4 is 0 Å². The van der Waals surface area contributed by atoms with Crippen molar-refractivity contribution in [1.29, 1.82) is 0 Å². The van der Waals surface area contributed by atoms with Gasteiger partial charge in [-0.3, -0.25) is 0 Å². The fraction of sp³-hybridized carbons (Fsp3) is 0.600. The van der Waals surface area contributed by atoms with E-state index in [0.29, 0.717) is 12.1 Å². The van der Waals surface area contributed by atoms with Crippen LogP contribution in [0.25, 0.3) is 0 Å². The van der Waals surface area contributed by atoms with Crippen molar-refractivity contribution < 1.29 is 0 Å². The summed E-state index contributed by atoms with van der Waals surface area (Å²) in [4.78, 5) is 0. The van der Waals surface area contributed by atoms with Crippen molar-refractivity contribution in [2.45, 2.75) is 39.8 Å². The molecule has 1 saturated heterocycles. The summed E-state index contributed by atoms with van der Waals surface area (Å²) in [7, 11) is 0. The van der Waals surface area contributed by atoms with Crippen molar-refractivity contribution in [3.63, 3.8) is 0 Å². The van der Waals surface area contributed by atoms with E-state index in [1.807, 2.05) is 0 Å². The molecule has 0 atom stereocenters. The Balaban J connectivity index is 2.80. The summed E-state index contributed by atoms with van der Waals surface area (Å²) >= 11 is -0.517. The topological polar surface area (TPSA) is 6.48 Å². The zero-order valence-corrected chi connectivity index (χ0v) is 11.3. The molecule has 0 aromatic rings. The van der Waals surface area contributed by atoms with E-state index < -0.39 is 0 Å². The molecule has 1 fully saturated rings. The fourth-order valence-electron chi connectivity index (χ4n) is 1.63. The molecule has 0 N–H and O–H groups in total. The molecule has 0 amide bonds. The van der Waals surface area contributed by atoms with Gasteiger partial charge in [0.25, 0.3) is 0 Å². The Morgan fingerprint density at radius 1 is 0.857 bits per heavy atom. The zero-order chi connectivity index (χ0) is 10.9. The van der Waals surface area contributed by atoms with Crippen molar-refractivity contribution in [2.24, 2.45) is 0 Å². The number of thiol groups is 2. The average molecular weight is 234 g/mol. The predicted molar refractivity (Wildman–Crippen MR) is 72.3 cm³/mol. The van der Waals surface area contributed by atoms with Gasteiger partial charge in [0.1, 0.15) is 0 Å².